The summed E-state index contributed by atoms with van der Waals surface area (Å²) in [6.45, 7) is 3.31. The van der Waals surface area contributed by atoms with E-state index in [1.54, 1.807) is 43.0 Å². The van der Waals surface area contributed by atoms with Crippen molar-refractivity contribution in [3.63, 3.8) is 0 Å². The first-order valence-corrected chi connectivity index (χ1v) is 9.75. The van der Waals surface area contributed by atoms with Crippen molar-refractivity contribution in [3.05, 3.63) is 65.2 Å². The number of aromatic nitrogens is 2. The highest BCUT2D eigenvalue weighted by Gasteiger charge is 2.32. The van der Waals surface area contributed by atoms with E-state index in [0.29, 0.717) is 11.1 Å². The third-order valence-electron chi connectivity index (χ3n) is 5.01. The van der Waals surface area contributed by atoms with Gasteiger partial charge in [-0.2, -0.15) is 4.98 Å². The number of anilines is 3. The van der Waals surface area contributed by atoms with Crippen molar-refractivity contribution in [2.24, 2.45) is 0 Å². The van der Waals surface area contributed by atoms with Crippen molar-refractivity contribution >= 4 is 23.4 Å². The summed E-state index contributed by atoms with van der Waals surface area (Å²) in [4.78, 5) is 23.4. The van der Waals surface area contributed by atoms with E-state index in [2.05, 4.69) is 20.6 Å². The molecule has 0 radical (unpaired) electrons. The fraction of sp³-hybridized carbons (Fsp3) is 0.227. The van der Waals surface area contributed by atoms with Gasteiger partial charge >= 0.3 is 0 Å². The molecule has 3 aromatic rings. The first-order chi connectivity index (χ1) is 14.9. The predicted molar refractivity (Wildman–Crippen MR) is 113 cm³/mol. The molecule has 0 saturated heterocycles. The zero-order valence-corrected chi connectivity index (χ0v) is 17.0. The van der Waals surface area contributed by atoms with Gasteiger partial charge in [-0.1, -0.05) is 12.1 Å². The molecule has 1 aromatic heterocycles. The topological polar surface area (TPSA) is 90.4 Å². The third-order valence-corrected chi connectivity index (χ3v) is 5.01. The van der Waals surface area contributed by atoms with Crippen molar-refractivity contribution in [1.29, 1.82) is 0 Å². The molecule has 0 spiro atoms. The summed E-state index contributed by atoms with van der Waals surface area (Å²) in [6, 6.07) is 9.99. The maximum absolute atomic E-state index is 14.6. The van der Waals surface area contributed by atoms with Gasteiger partial charge in [-0.05, 0) is 49.7 Å². The van der Waals surface area contributed by atoms with Gasteiger partial charge in [0.25, 0.3) is 5.91 Å². The summed E-state index contributed by atoms with van der Waals surface area (Å²) in [7, 11) is 0. The number of carbonyl (C=O) groups excluding carboxylic acids is 1. The number of hydrogen-bond acceptors (Lipinski definition) is 6. The zero-order valence-electron chi connectivity index (χ0n) is 17.0. The quantitative estimate of drug-likeness (QED) is 0.581. The van der Waals surface area contributed by atoms with Crippen molar-refractivity contribution in [1.82, 2.24) is 15.3 Å². The summed E-state index contributed by atoms with van der Waals surface area (Å²) >= 11 is 0. The number of hydrogen-bond donors (Lipinski definition) is 3. The second-order valence-corrected chi connectivity index (χ2v) is 7.33. The van der Waals surface area contributed by atoms with Crippen LogP contribution in [0.15, 0.2) is 42.5 Å². The smallest absolute Gasteiger partial charge is 0.258 e. The van der Waals surface area contributed by atoms with Crippen molar-refractivity contribution in [2.45, 2.75) is 19.9 Å². The van der Waals surface area contributed by atoms with Crippen LogP contribution in [-0.4, -0.2) is 40.3 Å². The number of nitrogens with one attached hydrogen (secondary N) is 2. The third kappa shape index (κ3) is 3.91. The van der Waals surface area contributed by atoms with Crippen LogP contribution in [0.5, 0.6) is 0 Å². The highest BCUT2D eigenvalue weighted by molar-refractivity contribution is 6.07. The molecule has 4 rings (SSSR count). The number of aliphatic hydroxyl groups is 1. The Morgan fingerprint density at radius 3 is 2.71 bits per heavy atom. The van der Waals surface area contributed by atoms with Gasteiger partial charge in [0.05, 0.1) is 24.7 Å². The van der Waals surface area contributed by atoms with Crippen LogP contribution in [0.3, 0.4) is 0 Å². The molecule has 1 aliphatic heterocycles. The molecule has 1 atom stereocenters. The molecular weight excluding hydrogens is 404 g/mol. The number of amides is 1. The summed E-state index contributed by atoms with van der Waals surface area (Å²) in [5, 5.41) is 15.1. The van der Waals surface area contributed by atoms with Crippen molar-refractivity contribution in [2.75, 3.05) is 23.5 Å². The number of para-hydroxylation sites is 1. The maximum Gasteiger partial charge on any atom is 0.258 e. The average Bonchev–Trinajstić information content (AvgIpc) is 2.74. The maximum atomic E-state index is 14.6. The lowest BCUT2D eigenvalue weighted by Gasteiger charge is -2.32. The molecule has 9 heteroatoms. The molecule has 0 unspecified atom stereocenters. The van der Waals surface area contributed by atoms with Gasteiger partial charge in [-0.3, -0.25) is 4.79 Å². The first kappa shape index (κ1) is 20.7. The second kappa shape index (κ2) is 8.27. The molecule has 160 valence electrons. The van der Waals surface area contributed by atoms with Gasteiger partial charge in [-0.15, -0.1) is 0 Å². The number of carbonyl (C=O) groups is 1. The van der Waals surface area contributed by atoms with E-state index in [1.165, 1.54) is 18.2 Å². The molecule has 2 aromatic carbocycles. The van der Waals surface area contributed by atoms with E-state index in [-0.39, 0.29) is 48.0 Å². The van der Waals surface area contributed by atoms with E-state index < -0.39 is 17.5 Å². The van der Waals surface area contributed by atoms with Gasteiger partial charge < -0.3 is 20.6 Å². The van der Waals surface area contributed by atoms with Crippen LogP contribution in [0.2, 0.25) is 0 Å². The van der Waals surface area contributed by atoms with Gasteiger partial charge in [0.2, 0.25) is 5.95 Å². The number of benzene rings is 2. The van der Waals surface area contributed by atoms with Crippen LogP contribution < -0.4 is 15.5 Å². The lowest BCUT2D eigenvalue weighted by atomic mass is 9.99. The number of nitrogens with zero attached hydrogens (tertiary/aromatic N) is 3. The van der Waals surface area contributed by atoms with Gasteiger partial charge in [0.15, 0.2) is 5.82 Å². The molecule has 1 aliphatic rings. The van der Waals surface area contributed by atoms with E-state index in [9.17, 15) is 18.7 Å². The number of rotatable bonds is 5. The molecular formula is C22H21F2N5O2. The number of halogens is 2. The normalized spacial score (nSPS) is 14.1. The van der Waals surface area contributed by atoms with Gasteiger partial charge in [0, 0.05) is 11.6 Å². The van der Waals surface area contributed by atoms with Gasteiger partial charge in [-0.25, -0.2) is 13.8 Å². The predicted octanol–water partition coefficient (Wildman–Crippen LogP) is 3.36. The highest BCUT2D eigenvalue weighted by atomic mass is 19.1. The Bertz CT molecular complexity index is 1150. The Kier molecular flexibility index (Phi) is 5.51. The number of aryl methyl sites for hydroxylation is 1. The first-order valence-electron chi connectivity index (χ1n) is 9.75. The largest absolute Gasteiger partial charge is 0.394 e. The summed E-state index contributed by atoms with van der Waals surface area (Å²) in [5.74, 6) is -0.914. The Morgan fingerprint density at radius 1 is 1.23 bits per heavy atom. The lowest BCUT2D eigenvalue weighted by Crippen LogP contribution is -2.42. The zero-order chi connectivity index (χ0) is 22.1. The van der Waals surface area contributed by atoms with Gasteiger partial charge in [0.1, 0.15) is 17.2 Å². The fourth-order valence-corrected chi connectivity index (χ4v) is 3.46. The van der Waals surface area contributed by atoms with Crippen molar-refractivity contribution in [3.8, 4) is 11.3 Å². The standard InChI is InChI=1S/C22H21F2N5O2/c1-12-9-14(23)7-8-15(12)19-18-20(28-22(27-19)26-13(2)10-30)29(11-25-21(18)31)17-6-4-3-5-16(17)24/h3-9,13,30H,10-11H2,1-2H3,(H,25,31)(H,26,27,28)/t13-/m0/s1. The molecule has 1 amide bonds. The van der Waals surface area contributed by atoms with Crippen LogP contribution in [-0.2, 0) is 0 Å². The van der Waals surface area contributed by atoms with E-state index in [0.717, 1.165) is 0 Å². The molecule has 7 nitrogen and oxygen atoms in total. The molecule has 3 N–H and O–H groups in total. The van der Waals surface area contributed by atoms with E-state index >= 15 is 0 Å². The summed E-state index contributed by atoms with van der Waals surface area (Å²) < 4.78 is 28.3. The van der Waals surface area contributed by atoms with E-state index in [4.69, 9.17) is 0 Å². The van der Waals surface area contributed by atoms with Crippen molar-refractivity contribution < 1.29 is 18.7 Å². The Hall–Kier alpha value is -3.59. The monoisotopic (exact) mass is 425 g/mol. The molecule has 2 heterocycles. The van der Waals surface area contributed by atoms with Crippen LogP contribution in [0.1, 0.15) is 22.8 Å². The Labute approximate surface area is 177 Å². The number of aliphatic hydroxyl groups excluding tert-OH is 1. The molecule has 0 saturated carbocycles. The highest BCUT2D eigenvalue weighted by Crippen LogP contribution is 2.37. The summed E-state index contributed by atoms with van der Waals surface area (Å²) in [6.07, 6.45) is 0. The SMILES string of the molecule is Cc1cc(F)ccc1-c1nc(N[C@@H](C)CO)nc2c1C(=O)NCN2c1ccccc1F. The fourth-order valence-electron chi connectivity index (χ4n) is 3.46. The molecule has 0 fully saturated rings. The summed E-state index contributed by atoms with van der Waals surface area (Å²) in [5.41, 5.74) is 1.81. The van der Waals surface area contributed by atoms with Crippen LogP contribution in [0.4, 0.5) is 26.2 Å². The Balaban J connectivity index is 1.97. The second-order valence-electron chi connectivity index (χ2n) is 7.33. The van der Waals surface area contributed by atoms with Crippen LogP contribution in [0.25, 0.3) is 11.3 Å². The van der Waals surface area contributed by atoms with Crippen LogP contribution >= 0.6 is 0 Å². The Morgan fingerprint density at radius 2 is 2.00 bits per heavy atom. The molecule has 31 heavy (non-hydrogen) atoms. The molecule has 0 aliphatic carbocycles. The minimum absolute atomic E-state index is 0.0145. The average molecular weight is 425 g/mol. The minimum Gasteiger partial charge on any atom is -0.394 e. The van der Waals surface area contributed by atoms with Crippen LogP contribution in [0, 0.1) is 18.6 Å². The number of fused-ring (bicyclic) bond motifs is 1. The lowest BCUT2D eigenvalue weighted by molar-refractivity contribution is 0.0949. The molecule has 0 bridgehead atoms. The minimum atomic E-state index is -0.471. The van der Waals surface area contributed by atoms with E-state index in [1.807, 2.05) is 0 Å².